The van der Waals surface area contributed by atoms with Crippen molar-refractivity contribution in [3.05, 3.63) is 0 Å². The lowest BCUT2D eigenvalue weighted by Gasteiger charge is -2.39. The third-order valence-corrected chi connectivity index (χ3v) is 6.44. The van der Waals surface area contributed by atoms with Gasteiger partial charge in [0.05, 0.1) is 0 Å². The van der Waals surface area contributed by atoms with Crippen LogP contribution in [0.5, 0.6) is 0 Å². The Hall–Kier alpha value is 0.480. The molecule has 12 heavy (non-hydrogen) atoms. The van der Waals surface area contributed by atoms with Crippen LogP contribution in [0.4, 0.5) is 0 Å². The molecule has 0 nitrogen and oxygen atoms in total. The third kappa shape index (κ3) is 0.604. The second kappa shape index (κ2) is 1.94. The molecule has 0 aromatic heterocycles. The van der Waals surface area contributed by atoms with E-state index in [1.165, 1.54) is 25.7 Å². The standard InChI is InChI=1S/C11H17Br/c1-10(2)7-3-4-8(5-7)11(10)6-9(11)12/h7-9H,3-6H2,1-2H3/t7-,8+,9-,11-/m0/s1. The van der Waals surface area contributed by atoms with Gasteiger partial charge < -0.3 is 0 Å². The van der Waals surface area contributed by atoms with Crippen LogP contribution in [0.15, 0.2) is 0 Å². The van der Waals surface area contributed by atoms with E-state index in [4.69, 9.17) is 0 Å². The van der Waals surface area contributed by atoms with Gasteiger partial charge in [0, 0.05) is 4.83 Å². The molecule has 3 fully saturated rings. The summed E-state index contributed by atoms with van der Waals surface area (Å²) < 4.78 is 0. The van der Waals surface area contributed by atoms with Gasteiger partial charge in [-0.05, 0) is 48.3 Å². The zero-order valence-corrected chi connectivity index (χ0v) is 9.52. The van der Waals surface area contributed by atoms with Crippen LogP contribution in [0.2, 0.25) is 0 Å². The maximum Gasteiger partial charge on any atom is 0.0216 e. The molecule has 3 aliphatic carbocycles. The summed E-state index contributed by atoms with van der Waals surface area (Å²) in [6, 6.07) is 0. The van der Waals surface area contributed by atoms with Gasteiger partial charge in [-0.3, -0.25) is 0 Å². The largest absolute Gasteiger partial charge is 0.0884 e. The molecule has 0 radical (unpaired) electrons. The van der Waals surface area contributed by atoms with Crippen LogP contribution >= 0.6 is 15.9 Å². The summed E-state index contributed by atoms with van der Waals surface area (Å²) in [6.45, 7) is 5.02. The smallest absolute Gasteiger partial charge is 0.0216 e. The van der Waals surface area contributed by atoms with E-state index in [0.29, 0.717) is 5.41 Å². The van der Waals surface area contributed by atoms with Crippen LogP contribution in [0.3, 0.4) is 0 Å². The highest BCUT2D eigenvalue weighted by atomic mass is 79.9. The molecule has 0 unspecified atom stereocenters. The van der Waals surface area contributed by atoms with Gasteiger partial charge in [-0.1, -0.05) is 29.8 Å². The summed E-state index contributed by atoms with van der Waals surface area (Å²) in [6.07, 6.45) is 6.03. The van der Waals surface area contributed by atoms with Crippen molar-refractivity contribution >= 4 is 15.9 Å². The van der Waals surface area contributed by atoms with Gasteiger partial charge in [0.15, 0.2) is 0 Å². The Balaban J connectivity index is 2.04. The highest BCUT2D eigenvalue weighted by Crippen LogP contribution is 2.78. The Labute approximate surface area is 83.2 Å². The number of hydrogen-bond acceptors (Lipinski definition) is 0. The molecule has 0 heterocycles. The lowest BCUT2D eigenvalue weighted by Crippen LogP contribution is -2.33. The average Bonchev–Trinajstić information content (AvgIpc) is 2.48. The minimum Gasteiger partial charge on any atom is -0.0884 e. The minimum absolute atomic E-state index is 0.643. The number of fused-ring (bicyclic) bond motifs is 3. The van der Waals surface area contributed by atoms with Gasteiger partial charge in [0.25, 0.3) is 0 Å². The van der Waals surface area contributed by atoms with E-state index in [1.54, 1.807) is 0 Å². The Bertz CT molecular complexity index is 233. The molecule has 0 saturated heterocycles. The van der Waals surface area contributed by atoms with E-state index in [9.17, 15) is 0 Å². The Morgan fingerprint density at radius 3 is 2.08 bits per heavy atom. The van der Waals surface area contributed by atoms with Crippen LogP contribution < -0.4 is 0 Å². The molecular formula is C11H17Br. The monoisotopic (exact) mass is 228 g/mol. The molecule has 0 aromatic carbocycles. The summed E-state index contributed by atoms with van der Waals surface area (Å²) >= 11 is 3.84. The maximum atomic E-state index is 3.84. The Morgan fingerprint density at radius 1 is 1.17 bits per heavy atom. The number of alkyl halides is 1. The summed E-state index contributed by atoms with van der Waals surface area (Å²) in [4.78, 5) is 0.857. The third-order valence-electron chi connectivity index (χ3n) is 5.30. The van der Waals surface area contributed by atoms with Crippen LogP contribution in [-0.4, -0.2) is 4.83 Å². The molecule has 3 rings (SSSR count). The van der Waals surface area contributed by atoms with Crippen LogP contribution in [0, 0.1) is 22.7 Å². The van der Waals surface area contributed by atoms with E-state index < -0.39 is 0 Å². The van der Waals surface area contributed by atoms with E-state index >= 15 is 0 Å². The molecule has 1 heteroatoms. The first-order valence-electron chi connectivity index (χ1n) is 5.23. The van der Waals surface area contributed by atoms with Crippen molar-refractivity contribution in [2.45, 2.75) is 44.4 Å². The quantitative estimate of drug-likeness (QED) is 0.557. The molecule has 0 aromatic rings. The summed E-state index contributed by atoms with van der Waals surface area (Å²) in [7, 11) is 0. The first kappa shape index (κ1) is 7.84. The van der Waals surface area contributed by atoms with Gasteiger partial charge in [-0.15, -0.1) is 0 Å². The van der Waals surface area contributed by atoms with Crippen LogP contribution in [0.1, 0.15) is 39.5 Å². The van der Waals surface area contributed by atoms with Crippen molar-refractivity contribution in [1.82, 2.24) is 0 Å². The van der Waals surface area contributed by atoms with Crippen molar-refractivity contribution in [2.24, 2.45) is 22.7 Å². The number of halogens is 1. The summed E-state index contributed by atoms with van der Waals surface area (Å²) in [5, 5.41) is 0. The normalized spacial score (nSPS) is 59.8. The van der Waals surface area contributed by atoms with E-state index in [2.05, 4.69) is 29.8 Å². The zero-order valence-electron chi connectivity index (χ0n) is 7.94. The Morgan fingerprint density at radius 2 is 1.75 bits per heavy atom. The lowest BCUT2D eigenvalue weighted by atomic mass is 9.66. The van der Waals surface area contributed by atoms with Gasteiger partial charge in [0.2, 0.25) is 0 Å². The molecule has 2 bridgehead atoms. The SMILES string of the molecule is CC1(C)[C@H]2CC[C@H](C2)[C@]12C[C@@H]2Br. The summed E-state index contributed by atoms with van der Waals surface area (Å²) in [5.74, 6) is 2.12. The predicted molar refractivity (Wildman–Crippen MR) is 54.4 cm³/mol. The van der Waals surface area contributed by atoms with Crippen molar-refractivity contribution in [3.8, 4) is 0 Å². The number of hydrogen-bond donors (Lipinski definition) is 0. The second-order valence-corrected chi connectivity index (χ2v) is 6.75. The topological polar surface area (TPSA) is 0 Å². The highest BCUT2D eigenvalue weighted by Gasteiger charge is 2.72. The molecule has 3 saturated carbocycles. The minimum atomic E-state index is 0.643. The molecule has 0 amide bonds. The van der Waals surface area contributed by atoms with Gasteiger partial charge in [0.1, 0.15) is 0 Å². The van der Waals surface area contributed by atoms with Gasteiger partial charge in [-0.2, -0.15) is 0 Å². The fourth-order valence-corrected chi connectivity index (χ4v) is 5.84. The molecule has 0 aliphatic heterocycles. The van der Waals surface area contributed by atoms with E-state index in [-0.39, 0.29) is 0 Å². The van der Waals surface area contributed by atoms with Gasteiger partial charge in [-0.25, -0.2) is 0 Å². The predicted octanol–water partition coefficient (Wildman–Crippen LogP) is 3.60. The maximum absolute atomic E-state index is 3.84. The van der Waals surface area contributed by atoms with E-state index in [0.717, 1.165) is 22.1 Å². The lowest BCUT2D eigenvalue weighted by molar-refractivity contribution is 0.102. The van der Waals surface area contributed by atoms with Crippen molar-refractivity contribution in [3.63, 3.8) is 0 Å². The van der Waals surface area contributed by atoms with Crippen LogP contribution in [0.25, 0.3) is 0 Å². The first-order valence-corrected chi connectivity index (χ1v) is 6.14. The first-order chi connectivity index (χ1) is 5.59. The molecule has 3 aliphatic rings. The summed E-state index contributed by atoms with van der Waals surface area (Å²) in [5.41, 5.74) is 1.38. The fourth-order valence-electron chi connectivity index (χ4n) is 4.34. The van der Waals surface area contributed by atoms with Crippen LogP contribution in [-0.2, 0) is 0 Å². The van der Waals surface area contributed by atoms with E-state index in [1.807, 2.05) is 0 Å². The van der Waals surface area contributed by atoms with Crippen molar-refractivity contribution in [2.75, 3.05) is 0 Å². The molecule has 0 N–H and O–H groups in total. The molecule has 4 atom stereocenters. The fraction of sp³-hybridized carbons (Fsp3) is 1.00. The molecular weight excluding hydrogens is 212 g/mol. The zero-order chi connectivity index (χ0) is 8.56. The second-order valence-electron chi connectivity index (χ2n) is 5.64. The number of rotatable bonds is 0. The van der Waals surface area contributed by atoms with Gasteiger partial charge >= 0.3 is 0 Å². The van der Waals surface area contributed by atoms with Crippen molar-refractivity contribution < 1.29 is 0 Å². The highest BCUT2D eigenvalue weighted by molar-refractivity contribution is 9.09. The Kier molecular flexibility index (Phi) is 1.27. The molecule has 68 valence electrons. The van der Waals surface area contributed by atoms with Crippen molar-refractivity contribution in [1.29, 1.82) is 0 Å². The molecule has 1 spiro atoms. The average molecular weight is 229 g/mol.